The van der Waals surface area contributed by atoms with E-state index in [0.29, 0.717) is 6.04 Å². The van der Waals surface area contributed by atoms with Crippen LogP contribution < -0.4 is 10.2 Å². The highest BCUT2D eigenvalue weighted by Gasteiger charge is 2.22. The van der Waals surface area contributed by atoms with Crippen LogP contribution in [-0.2, 0) is 6.54 Å². The van der Waals surface area contributed by atoms with Gasteiger partial charge in [0.05, 0.1) is 11.9 Å². The summed E-state index contributed by atoms with van der Waals surface area (Å²) in [5, 5.41) is 3.42. The Balaban J connectivity index is 2.19. The summed E-state index contributed by atoms with van der Waals surface area (Å²) in [6.07, 6.45) is 9.19. The first-order valence-corrected chi connectivity index (χ1v) is 7.27. The largest absolute Gasteiger partial charge is 0.367 e. The maximum absolute atomic E-state index is 4.33. The fourth-order valence-corrected chi connectivity index (χ4v) is 2.82. The lowest BCUT2D eigenvalue weighted by atomic mass is 9.98. The summed E-state index contributed by atoms with van der Waals surface area (Å²) in [4.78, 5) is 6.90. The minimum atomic E-state index is 0.698. The van der Waals surface area contributed by atoms with Crippen molar-refractivity contribution in [3.05, 3.63) is 24.0 Å². The van der Waals surface area contributed by atoms with E-state index in [2.05, 4.69) is 35.1 Å². The van der Waals surface area contributed by atoms with Gasteiger partial charge in [-0.2, -0.15) is 0 Å². The average Bonchev–Trinajstić information content (AvgIpc) is 2.45. The van der Waals surface area contributed by atoms with E-state index in [1.165, 1.54) is 43.5 Å². The van der Waals surface area contributed by atoms with Gasteiger partial charge in [-0.3, -0.25) is 4.98 Å². The summed E-state index contributed by atoms with van der Waals surface area (Å²) in [5.74, 6) is 0. The van der Waals surface area contributed by atoms with Crippen LogP contribution in [0.3, 0.4) is 0 Å². The Labute approximate surface area is 111 Å². The first kappa shape index (κ1) is 13.3. The molecular weight excluding hydrogens is 222 g/mol. The quantitative estimate of drug-likeness (QED) is 0.867. The molecule has 1 N–H and O–H groups in total. The predicted octanol–water partition coefficient (Wildman–Crippen LogP) is 2.96. The van der Waals surface area contributed by atoms with E-state index in [1.807, 2.05) is 12.4 Å². The maximum Gasteiger partial charge on any atom is 0.0600 e. The van der Waals surface area contributed by atoms with E-state index < -0.39 is 0 Å². The Morgan fingerprint density at radius 3 is 3.06 bits per heavy atom. The van der Waals surface area contributed by atoms with Crippen molar-refractivity contribution in [1.29, 1.82) is 0 Å². The minimum absolute atomic E-state index is 0.698. The van der Waals surface area contributed by atoms with E-state index in [4.69, 9.17) is 0 Å². The van der Waals surface area contributed by atoms with Crippen molar-refractivity contribution in [2.75, 3.05) is 18.0 Å². The first-order chi connectivity index (χ1) is 8.86. The topological polar surface area (TPSA) is 28.2 Å². The molecule has 1 atom stereocenters. The van der Waals surface area contributed by atoms with Crippen molar-refractivity contribution in [2.45, 2.75) is 52.1 Å². The molecule has 0 radical (unpaired) electrons. The van der Waals surface area contributed by atoms with E-state index in [1.54, 1.807) is 0 Å². The monoisotopic (exact) mass is 247 g/mol. The van der Waals surface area contributed by atoms with Crippen LogP contribution in [0.4, 0.5) is 5.69 Å². The molecule has 0 amide bonds. The van der Waals surface area contributed by atoms with Crippen LogP contribution in [0.2, 0.25) is 0 Å². The van der Waals surface area contributed by atoms with Crippen molar-refractivity contribution in [3.63, 3.8) is 0 Å². The van der Waals surface area contributed by atoms with Gasteiger partial charge in [0.25, 0.3) is 0 Å². The van der Waals surface area contributed by atoms with Crippen LogP contribution in [-0.4, -0.2) is 24.1 Å². The second kappa shape index (κ2) is 6.74. The second-order valence-electron chi connectivity index (χ2n) is 5.04. The Hall–Kier alpha value is -1.09. The van der Waals surface area contributed by atoms with Crippen LogP contribution in [0.5, 0.6) is 0 Å². The molecule has 1 aromatic heterocycles. The average molecular weight is 247 g/mol. The van der Waals surface area contributed by atoms with Gasteiger partial charge in [0.15, 0.2) is 0 Å². The Bertz CT molecular complexity index is 365. The number of piperidine rings is 1. The molecule has 0 bridgehead atoms. The molecule has 1 saturated heterocycles. The zero-order valence-electron chi connectivity index (χ0n) is 11.7. The highest BCUT2D eigenvalue weighted by atomic mass is 15.2. The van der Waals surface area contributed by atoms with Crippen molar-refractivity contribution in [1.82, 2.24) is 10.3 Å². The molecule has 0 spiro atoms. The molecule has 1 fully saturated rings. The number of aromatic nitrogens is 1. The normalized spacial score (nSPS) is 20.1. The molecule has 2 heterocycles. The number of pyridine rings is 1. The van der Waals surface area contributed by atoms with Crippen molar-refractivity contribution >= 4 is 5.69 Å². The lowest BCUT2D eigenvalue weighted by molar-refractivity contribution is 0.448. The van der Waals surface area contributed by atoms with Crippen LogP contribution in [0.25, 0.3) is 0 Å². The first-order valence-electron chi connectivity index (χ1n) is 7.27. The molecule has 1 aromatic rings. The zero-order chi connectivity index (χ0) is 12.8. The smallest absolute Gasteiger partial charge is 0.0600 e. The molecule has 100 valence electrons. The van der Waals surface area contributed by atoms with Crippen LogP contribution in [0, 0.1) is 0 Å². The molecule has 2 rings (SSSR count). The van der Waals surface area contributed by atoms with Gasteiger partial charge in [-0.05, 0) is 43.9 Å². The fraction of sp³-hybridized carbons (Fsp3) is 0.667. The van der Waals surface area contributed by atoms with Crippen LogP contribution in [0.15, 0.2) is 18.5 Å². The molecule has 0 saturated carbocycles. The van der Waals surface area contributed by atoms with Crippen molar-refractivity contribution < 1.29 is 0 Å². The van der Waals surface area contributed by atoms with Gasteiger partial charge in [0.2, 0.25) is 0 Å². The maximum atomic E-state index is 4.33. The molecule has 1 aliphatic heterocycles. The number of anilines is 1. The van der Waals surface area contributed by atoms with E-state index in [-0.39, 0.29) is 0 Å². The van der Waals surface area contributed by atoms with Crippen molar-refractivity contribution in [2.24, 2.45) is 0 Å². The van der Waals surface area contributed by atoms with Crippen molar-refractivity contribution in [3.8, 4) is 0 Å². The van der Waals surface area contributed by atoms with Gasteiger partial charge in [-0.1, -0.05) is 13.8 Å². The number of hydrogen-bond acceptors (Lipinski definition) is 3. The molecule has 3 heteroatoms. The van der Waals surface area contributed by atoms with E-state index >= 15 is 0 Å². The molecule has 18 heavy (non-hydrogen) atoms. The number of nitrogens with one attached hydrogen (secondary N) is 1. The second-order valence-corrected chi connectivity index (χ2v) is 5.04. The van der Waals surface area contributed by atoms with Gasteiger partial charge < -0.3 is 10.2 Å². The molecule has 3 nitrogen and oxygen atoms in total. The highest BCUT2D eigenvalue weighted by molar-refractivity contribution is 5.52. The molecule has 0 aliphatic carbocycles. The lowest BCUT2D eigenvalue weighted by Gasteiger charge is -2.38. The number of nitrogens with zero attached hydrogens (tertiary/aromatic N) is 2. The van der Waals surface area contributed by atoms with Crippen LogP contribution in [0.1, 0.15) is 45.1 Å². The van der Waals surface area contributed by atoms with Gasteiger partial charge >= 0.3 is 0 Å². The molecular formula is C15H25N3. The third-order valence-corrected chi connectivity index (χ3v) is 3.86. The SMILES string of the molecule is CCNCc1ccncc1N1CCCCC1CC. The predicted molar refractivity (Wildman–Crippen MR) is 76.9 cm³/mol. The Morgan fingerprint density at radius 1 is 1.39 bits per heavy atom. The third-order valence-electron chi connectivity index (χ3n) is 3.86. The molecule has 0 aromatic carbocycles. The lowest BCUT2D eigenvalue weighted by Crippen LogP contribution is -2.40. The zero-order valence-corrected chi connectivity index (χ0v) is 11.7. The number of hydrogen-bond donors (Lipinski definition) is 1. The molecule has 1 unspecified atom stereocenters. The summed E-state index contributed by atoms with van der Waals surface area (Å²) in [7, 11) is 0. The Kier molecular flexibility index (Phi) is 5.00. The molecule has 1 aliphatic rings. The van der Waals surface area contributed by atoms with E-state index in [0.717, 1.165) is 13.1 Å². The van der Waals surface area contributed by atoms with Gasteiger partial charge in [0, 0.05) is 25.3 Å². The number of rotatable bonds is 5. The van der Waals surface area contributed by atoms with Crippen LogP contribution >= 0.6 is 0 Å². The standard InChI is InChI=1S/C15H25N3/c1-3-14-7-5-6-10-18(14)15-12-17-9-8-13(15)11-16-4-2/h8-9,12,14,16H,3-7,10-11H2,1-2H3. The summed E-state index contributed by atoms with van der Waals surface area (Å²) in [6.45, 7) is 7.59. The summed E-state index contributed by atoms with van der Waals surface area (Å²) in [6, 6.07) is 2.85. The highest BCUT2D eigenvalue weighted by Crippen LogP contribution is 2.28. The minimum Gasteiger partial charge on any atom is -0.367 e. The summed E-state index contributed by atoms with van der Waals surface area (Å²) >= 11 is 0. The van der Waals surface area contributed by atoms with Gasteiger partial charge in [-0.25, -0.2) is 0 Å². The summed E-state index contributed by atoms with van der Waals surface area (Å²) in [5.41, 5.74) is 2.72. The van der Waals surface area contributed by atoms with Gasteiger partial charge in [-0.15, -0.1) is 0 Å². The summed E-state index contributed by atoms with van der Waals surface area (Å²) < 4.78 is 0. The fourth-order valence-electron chi connectivity index (χ4n) is 2.82. The Morgan fingerprint density at radius 2 is 2.28 bits per heavy atom. The van der Waals surface area contributed by atoms with E-state index in [9.17, 15) is 0 Å². The third kappa shape index (κ3) is 3.02. The van der Waals surface area contributed by atoms with Gasteiger partial charge in [0.1, 0.15) is 0 Å².